The van der Waals surface area contributed by atoms with Crippen molar-refractivity contribution in [2.75, 3.05) is 38.6 Å². The summed E-state index contributed by atoms with van der Waals surface area (Å²) in [6, 6.07) is 15.3. The number of carbonyl (C=O) groups excluding carboxylic acids is 2. The Morgan fingerprint density at radius 1 is 1.11 bits per heavy atom. The van der Waals surface area contributed by atoms with Crippen LogP contribution in [-0.4, -0.2) is 67.8 Å². The summed E-state index contributed by atoms with van der Waals surface area (Å²) in [7, 11) is 1.30. The van der Waals surface area contributed by atoms with Gasteiger partial charge in [0.15, 0.2) is 0 Å². The van der Waals surface area contributed by atoms with Gasteiger partial charge in [0.25, 0.3) is 5.91 Å². The molecule has 37 heavy (non-hydrogen) atoms. The van der Waals surface area contributed by atoms with Crippen LogP contribution >= 0.6 is 0 Å². The van der Waals surface area contributed by atoms with E-state index in [2.05, 4.69) is 29.4 Å². The molecule has 0 spiro atoms. The van der Waals surface area contributed by atoms with Gasteiger partial charge < -0.3 is 25.0 Å². The second kappa shape index (κ2) is 11.7. The van der Waals surface area contributed by atoms with Crippen molar-refractivity contribution >= 4 is 17.6 Å². The molecule has 8 heteroatoms. The number of amides is 1. The van der Waals surface area contributed by atoms with Crippen molar-refractivity contribution in [1.29, 1.82) is 0 Å². The SMILES string of the molecule is CCN(CC)CCNC(=O)C1=C(C(=O)OC)C2(C(Cc3ccccc3)Nc3ccc(F)cc3)C=CC1O2. The zero-order valence-corrected chi connectivity index (χ0v) is 21.5. The standard InChI is InChI=1S/C29H34FN3O4/c1-4-33(5-2)18-17-31-27(34)25-23-15-16-29(37-23,26(25)28(35)36-3)24(19-20-9-7-6-8-10-20)32-22-13-11-21(30)12-14-22/h6-16,23-24,32H,4-5,17-19H2,1-3H3,(H,31,34). The number of methoxy groups -OCH3 is 1. The lowest BCUT2D eigenvalue weighted by molar-refractivity contribution is -0.138. The normalized spacial score (nSPS) is 20.8. The van der Waals surface area contributed by atoms with Crippen molar-refractivity contribution in [3.8, 4) is 0 Å². The van der Waals surface area contributed by atoms with Gasteiger partial charge >= 0.3 is 5.97 Å². The van der Waals surface area contributed by atoms with Gasteiger partial charge in [-0.2, -0.15) is 0 Å². The van der Waals surface area contributed by atoms with E-state index in [1.807, 2.05) is 42.5 Å². The van der Waals surface area contributed by atoms with Crippen LogP contribution in [0.5, 0.6) is 0 Å². The van der Waals surface area contributed by atoms with E-state index in [9.17, 15) is 14.0 Å². The third kappa shape index (κ3) is 5.60. The van der Waals surface area contributed by atoms with E-state index in [0.29, 0.717) is 25.2 Å². The molecule has 2 aliphatic rings. The highest BCUT2D eigenvalue weighted by molar-refractivity contribution is 6.07. The zero-order valence-electron chi connectivity index (χ0n) is 21.5. The summed E-state index contributed by atoms with van der Waals surface area (Å²) in [6.07, 6.45) is 3.46. The van der Waals surface area contributed by atoms with E-state index in [-0.39, 0.29) is 22.9 Å². The van der Waals surface area contributed by atoms with Crippen LogP contribution in [0, 0.1) is 5.82 Å². The molecule has 2 heterocycles. The quantitative estimate of drug-likeness (QED) is 0.338. The van der Waals surface area contributed by atoms with Crippen LogP contribution in [0.25, 0.3) is 0 Å². The van der Waals surface area contributed by atoms with E-state index >= 15 is 0 Å². The number of rotatable bonds is 12. The van der Waals surface area contributed by atoms with E-state index in [0.717, 1.165) is 18.7 Å². The molecule has 1 amide bonds. The molecule has 4 rings (SSSR count). The Hall–Kier alpha value is -3.49. The van der Waals surface area contributed by atoms with Crippen LogP contribution in [0.1, 0.15) is 19.4 Å². The molecule has 2 aliphatic heterocycles. The molecule has 0 saturated heterocycles. The van der Waals surface area contributed by atoms with Crippen molar-refractivity contribution < 1.29 is 23.5 Å². The highest BCUT2D eigenvalue weighted by Gasteiger charge is 2.58. The van der Waals surface area contributed by atoms with Crippen molar-refractivity contribution in [3.05, 3.63) is 89.3 Å². The second-order valence-corrected chi connectivity index (χ2v) is 9.15. The average Bonchev–Trinajstić information content (AvgIpc) is 3.50. The van der Waals surface area contributed by atoms with Crippen LogP contribution < -0.4 is 10.6 Å². The Bertz CT molecular complexity index is 1160. The third-order valence-corrected chi connectivity index (χ3v) is 7.01. The lowest BCUT2D eigenvalue weighted by Crippen LogP contribution is -2.49. The molecule has 7 nitrogen and oxygen atoms in total. The summed E-state index contributed by atoms with van der Waals surface area (Å²) in [5.41, 5.74) is 0.899. The van der Waals surface area contributed by atoms with Gasteiger partial charge in [-0.25, -0.2) is 9.18 Å². The number of fused-ring (bicyclic) bond motifs is 2. The maximum Gasteiger partial charge on any atom is 0.337 e. The van der Waals surface area contributed by atoms with E-state index in [1.165, 1.54) is 19.2 Å². The summed E-state index contributed by atoms with van der Waals surface area (Å²) in [5, 5.41) is 6.39. The van der Waals surface area contributed by atoms with Gasteiger partial charge in [-0.3, -0.25) is 4.79 Å². The third-order valence-electron chi connectivity index (χ3n) is 7.01. The van der Waals surface area contributed by atoms with Crippen LogP contribution in [-0.2, 0) is 25.5 Å². The molecule has 3 atom stereocenters. The highest BCUT2D eigenvalue weighted by Crippen LogP contribution is 2.47. The van der Waals surface area contributed by atoms with Gasteiger partial charge in [-0.1, -0.05) is 50.3 Å². The van der Waals surface area contributed by atoms with Gasteiger partial charge in [0, 0.05) is 18.8 Å². The Balaban J connectivity index is 1.69. The molecule has 3 unspecified atom stereocenters. The van der Waals surface area contributed by atoms with Crippen molar-refractivity contribution in [2.45, 2.75) is 38.0 Å². The largest absolute Gasteiger partial charge is 0.466 e. The number of nitrogens with zero attached hydrogens (tertiary/aromatic N) is 1. The van der Waals surface area contributed by atoms with E-state index in [4.69, 9.17) is 9.47 Å². The van der Waals surface area contributed by atoms with Crippen molar-refractivity contribution in [3.63, 3.8) is 0 Å². The summed E-state index contributed by atoms with van der Waals surface area (Å²) < 4.78 is 25.2. The van der Waals surface area contributed by atoms with Crippen LogP contribution in [0.3, 0.4) is 0 Å². The monoisotopic (exact) mass is 507 g/mol. The van der Waals surface area contributed by atoms with Crippen LogP contribution in [0.15, 0.2) is 77.9 Å². The predicted octanol–water partition coefficient (Wildman–Crippen LogP) is 3.48. The van der Waals surface area contributed by atoms with Gasteiger partial charge in [-0.05, 0) is 55.4 Å². The summed E-state index contributed by atoms with van der Waals surface area (Å²) in [6.45, 7) is 7.07. The number of benzene rings is 2. The number of likely N-dealkylation sites (N-methyl/N-ethyl adjacent to an activating group) is 1. The fraction of sp³-hybridized carbons (Fsp3) is 0.379. The van der Waals surface area contributed by atoms with E-state index in [1.54, 1.807) is 12.1 Å². The smallest absolute Gasteiger partial charge is 0.337 e. The molecular weight excluding hydrogens is 473 g/mol. The number of nitrogens with one attached hydrogen (secondary N) is 2. The average molecular weight is 508 g/mol. The predicted molar refractivity (Wildman–Crippen MR) is 141 cm³/mol. The molecule has 0 fully saturated rings. The molecule has 2 N–H and O–H groups in total. The maximum atomic E-state index is 13.6. The fourth-order valence-electron chi connectivity index (χ4n) is 5.03. The zero-order chi connectivity index (χ0) is 26.4. The molecule has 0 aromatic heterocycles. The number of hydrogen-bond donors (Lipinski definition) is 2. The van der Waals surface area contributed by atoms with Gasteiger partial charge in [0.2, 0.25) is 0 Å². The summed E-state index contributed by atoms with van der Waals surface area (Å²) >= 11 is 0. The number of anilines is 1. The Kier molecular flexibility index (Phi) is 8.41. The number of carbonyl (C=O) groups is 2. The minimum Gasteiger partial charge on any atom is -0.466 e. The first-order valence-corrected chi connectivity index (χ1v) is 12.7. The Morgan fingerprint density at radius 2 is 1.81 bits per heavy atom. The minimum atomic E-state index is -1.24. The van der Waals surface area contributed by atoms with Gasteiger partial charge in [-0.15, -0.1) is 0 Å². The number of halogens is 1. The Morgan fingerprint density at radius 3 is 2.46 bits per heavy atom. The number of ether oxygens (including phenoxy) is 2. The second-order valence-electron chi connectivity index (χ2n) is 9.15. The van der Waals surface area contributed by atoms with Gasteiger partial charge in [0.1, 0.15) is 17.5 Å². The maximum absolute atomic E-state index is 13.6. The topological polar surface area (TPSA) is 79.9 Å². The molecule has 2 bridgehead atoms. The fourth-order valence-corrected chi connectivity index (χ4v) is 5.03. The molecule has 0 aliphatic carbocycles. The van der Waals surface area contributed by atoms with Crippen molar-refractivity contribution in [1.82, 2.24) is 10.2 Å². The first-order valence-electron chi connectivity index (χ1n) is 12.7. The Labute approximate surface area is 217 Å². The van der Waals surface area contributed by atoms with Crippen LogP contribution in [0.4, 0.5) is 10.1 Å². The summed E-state index contributed by atoms with van der Waals surface area (Å²) in [4.78, 5) is 28.8. The van der Waals surface area contributed by atoms with Crippen LogP contribution in [0.2, 0.25) is 0 Å². The molecule has 0 saturated carbocycles. The lowest BCUT2D eigenvalue weighted by Gasteiger charge is -2.36. The summed E-state index contributed by atoms with van der Waals surface area (Å²) in [5.74, 6) is -1.30. The molecule has 196 valence electrons. The molecule has 0 radical (unpaired) electrons. The molecule has 2 aromatic rings. The molecular formula is C29H34FN3O4. The first-order chi connectivity index (χ1) is 17.9. The first kappa shape index (κ1) is 26.6. The minimum absolute atomic E-state index is 0.193. The number of esters is 1. The van der Waals surface area contributed by atoms with Gasteiger partial charge in [0.05, 0.1) is 24.3 Å². The molecule has 2 aromatic carbocycles. The highest BCUT2D eigenvalue weighted by atomic mass is 19.1. The number of hydrogen-bond acceptors (Lipinski definition) is 6. The lowest BCUT2D eigenvalue weighted by atomic mass is 9.78. The van der Waals surface area contributed by atoms with E-state index < -0.39 is 23.7 Å². The van der Waals surface area contributed by atoms with Crippen molar-refractivity contribution in [2.24, 2.45) is 0 Å².